The Balaban J connectivity index is 1.38. The van der Waals surface area contributed by atoms with Crippen molar-refractivity contribution >= 4 is 5.91 Å². The lowest BCUT2D eigenvalue weighted by atomic mass is 10.1. The molecule has 0 spiro atoms. The Morgan fingerprint density at radius 3 is 2.33 bits per heavy atom. The van der Waals surface area contributed by atoms with Crippen LogP contribution in [0.3, 0.4) is 0 Å². The van der Waals surface area contributed by atoms with Crippen LogP contribution in [0.5, 0.6) is 0 Å². The Morgan fingerprint density at radius 1 is 1.00 bits per heavy atom. The summed E-state index contributed by atoms with van der Waals surface area (Å²) in [4.78, 5) is 15.7. The van der Waals surface area contributed by atoms with E-state index >= 15 is 0 Å². The van der Waals surface area contributed by atoms with Gasteiger partial charge < -0.3 is 5.32 Å². The van der Waals surface area contributed by atoms with Crippen LogP contribution in [-0.4, -0.2) is 40.2 Å². The molecule has 1 unspecified atom stereocenters. The van der Waals surface area contributed by atoms with E-state index in [0.29, 0.717) is 18.2 Å². The van der Waals surface area contributed by atoms with Crippen LogP contribution in [0, 0.1) is 0 Å². The van der Waals surface area contributed by atoms with Crippen LogP contribution in [0.4, 0.5) is 0 Å². The van der Waals surface area contributed by atoms with Crippen molar-refractivity contribution in [2.45, 2.75) is 37.6 Å². The number of aromatic nitrogens is 2. The molecule has 5 heteroatoms. The molecule has 0 radical (unpaired) electrons. The molecule has 3 aromatic rings. The Bertz CT molecular complexity index is 989. The van der Waals surface area contributed by atoms with E-state index in [1.54, 1.807) is 4.68 Å². The van der Waals surface area contributed by atoms with Crippen LogP contribution in [0.25, 0.3) is 5.69 Å². The second-order valence-electron chi connectivity index (χ2n) is 8.36. The molecule has 2 fully saturated rings. The second-order valence-corrected chi connectivity index (χ2v) is 8.36. The van der Waals surface area contributed by atoms with Crippen molar-refractivity contribution in [2.75, 3.05) is 19.6 Å². The molecule has 1 saturated carbocycles. The Hall–Kier alpha value is -2.92. The molecule has 1 aromatic heterocycles. The lowest BCUT2D eigenvalue weighted by Crippen LogP contribution is -2.37. The summed E-state index contributed by atoms with van der Waals surface area (Å²) in [5.41, 5.74) is 3.84. The number of nitrogens with zero attached hydrogens (tertiary/aromatic N) is 3. The third kappa shape index (κ3) is 4.03. The zero-order chi connectivity index (χ0) is 20.3. The first-order chi connectivity index (χ1) is 14.8. The molecule has 5 nitrogen and oxygen atoms in total. The normalized spacial score (nSPS) is 17.7. The summed E-state index contributed by atoms with van der Waals surface area (Å²) in [7, 11) is 0. The molecular formula is C25H28N4O. The van der Waals surface area contributed by atoms with E-state index < -0.39 is 0 Å². The first-order valence-electron chi connectivity index (χ1n) is 11.0. The highest BCUT2D eigenvalue weighted by atomic mass is 16.2. The maximum Gasteiger partial charge on any atom is 0.270 e. The number of benzene rings is 2. The summed E-state index contributed by atoms with van der Waals surface area (Å²) in [5, 5.41) is 7.99. The maximum absolute atomic E-state index is 13.3. The Morgan fingerprint density at radius 2 is 1.67 bits per heavy atom. The highest BCUT2D eigenvalue weighted by Gasteiger charge is 2.30. The highest BCUT2D eigenvalue weighted by molar-refractivity contribution is 5.93. The van der Waals surface area contributed by atoms with Crippen LogP contribution in [-0.2, 0) is 0 Å². The first-order valence-corrected chi connectivity index (χ1v) is 11.0. The number of carbonyl (C=O) groups is 1. The predicted molar refractivity (Wildman–Crippen MR) is 118 cm³/mol. The van der Waals surface area contributed by atoms with Gasteiger partial charge in [0.1, 0.15) is 5.69 Å². The van der Waals surface area contributed by atoms with Gasteiger partial charge in [-0.3, -0.25) is 9.69 Å². The number of hydrogen-bond acceptors (Lipinski definition) is 3. The molecule has 2 aliphatic rings. The van der Waals surface area contributed by atoms with E-state index in [9.17, 15) is 4.79 Å². The number of amides is 1. The average molecular weight is 401 g/mol. The SMILES string of the molecule is O=C(NCC(c1ccccc1)N1CCCC1)c1cc(C2CC2)nn1-c1ccccc1. The monoisotopic (exact) mass is 400 g/mol. The predicted octanol–water partition coefficient (Wildman–Crippen LogP) is 4.32. The summed E-state index contributed by atoms with van der Waals surface area (Å²) in [6, 6.07) is 22.6. The fraction of sp³-hybridized carbons (Fsp3) is 0.360. The minimum absolute atomic E-state index is 0.0571. The summed E-state index contributed by atoms with van der Waals surface area (Å²) >= 11 is 0. The smallest absolute Gasteiger partial charge is 0.270 e. The third-order valence-electron chi connectivity index (χ3n) is 6.18. The molecule has 1 atom stereocenters. The number of rotatable bonds is 7. The molecule has 1 aliphatic carbocycles. The topological polar surface area (TPSA) is 50.2 Å². The van der Waals surface area contributed by atoms with E-state index in [0.717, 1.165) is 37.3 Å². The van der Waals surface area contributed by atoms with E-state index in [4.69, 9.17) is 5.10 Å². The van der Waals surface area contributed by atoms with Gasteiger partial charge in [0.05, 0.1) is 17.4 Å². The van der Waals surface area contributed by atoms with Crippen LogP contribution in [0.1, 0.15) is 59.4 Å². The molecule has 1 saturated heterocycles. The number of carbonyl (C=O) groups excluding carboxylic acids is 1. The first kappa shape index (κ1) is 19.1. The van der Waals surface area contributed by atoms with Gasteiger partial charge in [0.15, 0.2) is 0 Å². The Labute approximate surface area is 177 Å². The summed E-state index contributed by atoms with van der Waals surface area (Å²) in [6.45, 7) is 2.77. The van der Waals surface area contributed by atoms with E-state index in [1.165, 1.54) is 18.4 Å². The molecule has 2 heterocycles. The largest absolute Gasteiger partial charge is 0.349 e. The van der Waals surface area contributed by atoms with E-state index in [2.05, 4.69) is 34.5 Å². The number of hydrogen-bond donors (Lipinski definition) is 1. The fourth-order valence-corrected chi connectivity index (χ4v) is 4.37. The fourth-order valence-electron chi connectivity index (χ4n) is 4.37. The summed E-state index contributed by atoms with van der Waals surface area (Å²) < 4.78 is 1.80. The van der Waals surface area contributed by atoms with Crippen LogP contribution in [0.15, 0.2) is 66.7 Å². The summed E-state index contributed by atoms with van der Waals surface area (Å²) in [6.07, 6.45) is 4.78. The van der Waals surface area contributed by atoms with E-state index in [-0.39, 0.29) is 11.9 Å². The van der Waals surface area contributed by atoms with Gasteiger partial charge >= 0.3 is 0 Å². The zero-order valence-electron chi connectivity index (χ0n) is 17.2. The number of likely N-dealkylation sites (tertiary alicyclic amines) is 1. The third-order valence-corrected chi connectivity index (χ3v) is 6.18. The van der Waals surface area contributed by atoms with Crippen LogP contribution in [0.2, 0.25) is 0 Å². The van der Waals surface area contributed by atoms with Crippen molar-refractivity contribution in [1.29, 1.82) is 0 Å². The van der Waals surface area contributed by atoms with Crippen molar-refractivity contribution in [3.63, 3.8) is 0 Å². The molecule has 1 aliphatic heterocycles. The van der Waals surface area contributed by atoms with Crippen molar-refractivity contribution in [2.24, 2.45) is 0 Å². The second kappa shape index (κ2) is 8.44. The van der Waals surface area contributed by atoms with Gasteiger partial charge in [0, 0.05) is 12.5 Å². The average Bonchev–Trinajstić information content (AvgIpc) is 3.32. The molecule has 5 rings (SSSR count). The quantitative estimate of drug-likeness (QED) is 0.643. The van der Waals surface area contributed by atoms with Crippen molar-refractivity contribution < 1.29 is 4.79 Å². The van der Waals surface area contributed by atoms with Gasteiger partial charge in [0.2, 0.25) is 0 Å². The minimum atomic E-state index is -0.0571. The van der Waals surface area contributed by atoms with Crippen LogP contribution < -0.4 is 5.32 Å². The molecule has 1 amide bonds. The van der Waals surface area contributed by atoms with Gasteiger partial charge in [-0.25, -0.2) is 4.68 Å². The lowest BCUT2D eigenvalue weighted by molar-refractivity contribution is 0.0930. The molecule has 0 bridgehead atoms. The molecular weight excluding hydrogens is 372 g/mol. The van der Waals surface area contributed by atoms with E-state index in [1.807, 2.05) is 42.5 Å². The Kier molecular flexibility index (Phi) is 5.37. The van der Waals surface area contributed by atoms with Gasteiger partial charge in [-0.1, -0.05) is 48.5 Å². The number of para-hydroxylation sites is 1. The van der Waals surface area contributed by atoms with Crippen molar-refractivity contribution in [3.8, 4) is 5.69 Å². The number of nitrogens with one attached hydrogen (secondary N) is 1. The highest BCUT2D eigenvalue weighted by Crippen LogP contribution is 2.39. The molecule has 1 N–H and O–H groups in total. The lowest BCUT2D eigenvalue weighted by Gasteiger charge is -2.28. The van der Waals surface area contributed by atoms with Crippen LogP contribution >= 0.6 is 0 Å². The van der Waals surface area contributed by atoms with Gasteiger partial charge in [0.25, 0.3) is 5.91 Å². The minimum Gasteiger partial charge on any atom is -0.349 e. The summed E-state index contributed by atoms with van der Waals surface area (Å²) in [5.74, 6) is 0.446. The molecule has 154 valence electrons. The standard InChI is InChI=1S/C25H28N4O/c30-25(26-18-24(28-15-7-8-16-28)20-9-3-1-4-10-20)23-17-22(19-13-14-19)27-29(23)21-11-5-2-6-12-21/h1-6,9-12,17,19,24H,7-8,13-16,18H2,(H,26,30). The van der Waals surface area contributed by atoms with Crippen molar-refractivity contribution in [3.05, 3.63) is 83.7 Å². The van der Waals surface area contributed by atoms with Crippen molar-refractivity contribution in [1.82, 2.24) is 20.0 Å². The zero-order valence-corrected chi connectivity index (χ0v) is 17.2. The molecule has 2 aromatic carbocycles. The van der Waals surface area contributed by atoms with Gasteiger partial charge in [-0.05, 0) is 62.5 Å². The molecule has 30 heavy (non-hydrogen) atoms. The maximum atomic E-state index is 13.3. The van der Waals surface area contributed by atoms with Gasteiger partial charge in [-0.15, -0.1) is 0 Å². The van der Waals surface area contributed by atoms with Gasteiger partial charge in [-0.2, -0.15) is 5.10 Å².